The smallest absolute Gasteiger partial charge is 0.276 e. The van der Waals surface area contributed by atoms with Gasteiger partial charge >= 0.3 is 0 Å². The number of hydrogen-bond donors (Lipinski definition) is 2. The van der Waals surface area contributed by atoms with Gasteiger partial charge in [0.1, 0.15) is 5.69 Å². The summed E-state index contributed by atoms with van der Waals surface area (Å²) in [5.41, 5.74) is 1.93. The zero-order chi connectivity index (χ0) is 24.4. The summed E-state index contributed by atoms with van der Waals surface area (Å²) in [6, 6.07) is 3.72. The number of Topliss-reactive ketones (excluding diaryl/α,β-unsaturated/α-hetero) is 1. The van der Waals surface area contributed by atoms with Crippen molar-refractivity contribution in [3.8, 4) is 0 Å². The standard InChI is InChI=1S/C25H33ClN4O4/c1-3-10-29(14-19(32)11-15-4-8-18(31)9-5-15)25(34)23-22(26)20-12-17(16-6-7-16)13-21(24(33)27-2)30(20)28-23/h12-13,15-16,18,31H,3-11,14H2,1-2H3,(H,27,33)/t15-,18-. The Morgan fingerprint density at radius 2 is 1.88 bits per heavy atom. The summed E-state index contributed by atoms with van der Waals surface area (Å²) in [5, 5.41) is 17.0. The molecule has 2 aromatic rings. The zero-order valence-corrected chi connectivity index (χ0v) is 20.6. The van der Waals surface area contributed by atoms with Gasteiger partial charge in [0.25, 0.3) is 11.8 Å². The monoisotopic (exact) mass is 488 g/mol. The Morgan fingerprint density at radius 3 is 2.50 bits per heavy atom. The van der Waals surface area contributed by atoms with E-state index in [1.54, 1.807) is 7.05 Å². The van der Waals surface area contributed by atoms with E-state index in [1.807, 2.05) is 19.1 Å². The molecular weight excluding hydrogens is 456 g/mol. The summed E-state index contributed by atoms with van der Waals surface area (Å²) in [6.07, 6.45) is 6.07. The number of aromatic nitrogens is 2. The van der Waals surface area contributed by atoms with Gasteiger partial charge in [0.05, 0.1) is 23.2 Å². The van der Waals surface area contributed by atoms with Crippen molar-refractivity contribution in [1.82, 2.24) is 19.8 Å². The average molecular weight is 489 g/mol. The van der Waals surface area contributed by atoms with E-state index in [9.17, 15) is 19.5 Å². The molecule has 0 aliphatic heterocycles. The molecule has 0 saturated heterocycles. The number of halogens is 1. The number of aliphatic hydroxyl groups is 1. The van der Waals surface area contributed by atoms with Gasteiger partial charge in [0.2, 0.25) is 0 Å². The number of rotatable bonds is 9. The first-order chi connectivity index (χ1) is 16.3. The molecule has 9 heteroatoms. The molecule has 2 saturated carbocycles. The van der Waals surface area contributed by atoms with Crippen LogP contribution in [0.1, 0.15) is 90.7 Å². The van der Waals surface area contributed by atoms with Crippen LogP contribution >= 0.6 is 11.6 Å². The summed E-state index contributed by atoms with van der Waals surface area (Å²) >= 11 is 6.65. The molecule has 0 atom stereocenters. The summed E-state index contributed by atoms with van der Waals surface area (Å²) in [6.45, 7) is 2.36. The van der Waals surface area contributed by atoms with Crippen molar-refractivity contribution >= 4 is 34.7 Å². The van der Waals surface area contributed by atoms with Gasteiger partial charge in [-0.2, -0.15) is 5.10 Å². The van der Waals surface area contributed by atoms with E-state index in [0.717, 1.165) is 44.1 Å². The van der Waals surface area contributed by atoms with E-state index in [4.69, 9.17) is 11.6 Å². The zero-order valence-electron chi connectivity index (χ0n) is 19.8. The lowest BCUT2D eigenvalue weighted by molar-refractivity contribution is -0.121. The highest BCUT2D eigenvalue weighted by Crippen LogP contribution is 2.41. The van der Waals surface area contributed by atoms with E-state index in [1.165, 1.54) is 9.42 Å². The number of aliphatic hydroxyl groups excluding tert-OH is 1. The largest absolute Gasteiger partial charge is 0.393 e. The number of amides is 2. The fraction of sp³-hybridized carbons (Fsp3) is 0.600. The minimum absolute atomic E-state index is 0.00476. The van der Waals surface area contributed by atoms with Gasteiger partial charge < -0.3 is 15.3 Å². The Hall–Kier alpha value is -2.45. The van der Waals surface area contributed by atoms with Gasteiger partial charge in [-0.3, -0.25) is 14.4 Å². The van der Waals surface area contributed by atoms with Crippen molar-refractivity contribution < 1.29 is 19.5 Å². The minimum atomic E-state index is -0.404. The molecule has 0 unspecified atom stereocenters. The number of ketones is 1. The number of pyridine rings is 1. The third-order valence-electron chi connectivity index (χ3n) is 6.89. The minimum Gasteiger partial charge on any atom is -0.393 e. The Morgan fingerprint density at radius 1 is 1.18 bits per heavy atom. The predicted octanol–water partition coefficient (Wildman–Crippen LogP) is 3.59. The van der Waals surface area contributed by atoms with Crippen LogP contribution in [-0.4, -0.2) is 63.5 Å². The molecule has 2 fully saturated rings. The summed E-state index contributed by atoms with van der Waals surface area (Å²) < 4.78 is 1.43. The molecule has 0 bridgehead atoms. The number of carbonyl (C=O) groups is 3. The van der Waals surface area contributed by atoms with Crippen LogP contribution in [0.4, 0.5) is 0 Å². The molecule has 4 rings (SSSR count). The van der Waals surface area contributed by atoms with E-state index >= 15 is 0 Å². The predicted molar refractivity (Wildman–Crippen MR) is 129 cm³/mol. The SMILES string of the molecule is CCCN(CC(=O)C[C@H]1CC[C@H](O)CC1)C(=O)c1nn2c(C(=O)NC)cc(C3CC3)cc2c1Cl. The first kappa shape index (κ1) is 24.7. The molecule has 2 aliphatic carbocycles. The molecule has 34 heavy (non-hydrogen) atoms. The number of carbonyl (C=O) groups excluding carboxylic acids is 3. The second kappa shape index (κ2) is 10.4. The van der Waals surface area contributed by atoms with Gasteiger partial charge in [-0.1, -0.05) is 18.5 Å². The maximum atomic E-state index is 13.5. The van der Waals surface area contributed by atoms with Crippen molar-refractivity contribution in [3.05, 3.63) is 34.1 Å². The van der Waals surface area contributed by atoms with Crippen LogP contribution < -0.4 is 5.32 Å². The van der Waals surface area contributed by atoms with Gasteiger partial charge in [0.15, 0.2) is 11.5 Å². The lowest BCUT2D eigenvalue weighted by atomic mass is 9.84. The van der Waals surface area contributed by atoms with Crippen molar-refractivity contribution in [2.24, 2.45) is 5.92 Å². The first-order valence-electron chi connectivity index (χ1n) is 12.3. The molecule has 2 aliphatic rings. The van der Waals surface area contributed by atoms with Gasteiger partial charge in [-0.25, -0.2) is 4.52 Å². The summed E-state index contributed by atoms with van der Waals surface area (Å²) in [7, 11) is 1.55. The highest BCUT2D eigenvalue weighted by atomic mass is 35.5. The molecule has 2 aromatic heterocycles. The van der Waals surface area contributed by atoms with E-state index < -0.39 is 5.91 Å². The lowest BCUT2D eigenvalue weighted by Crippen LogP contribution is -2.37. The second-order valence-corrected chi connectivity index (χ2v) is 10.0. The third kappa shape index (κ3) is 5.28. The molecule has 0 spiro atoms. The maximum absolute atomic E-state index is 13.5. The molecule has 2 amide bonds. The first-order valence-corrected chi connectivity index (χ1v) is 12.6. The summed E-state index contributed by atoms with van der Waals surface area (Å²) in [4.78, 5) is 40.3. The van der Waals surface area contributed by atoms with Crippen LogP contribution in [0.2, 0.25) is 5.02 Å². The van der Waals surface area contributed by atoms with Crippen LogP contribution in [0.15, 0.2) is 12.1 Å². The van der Waals surface area contributed by atoms with Crippen LogP contribution in [0.25, 0.3) is 5.52 Å². The average Bonchev–Trinajstić information content (AvgIpc) is 3.62. The molecule has 8 nitrogen and oxygen atoms in total. The van der Waals surface area contributed by atoms with E-state index in [2.05, 4.69) is 10.4 Å². The Kier molecular flexibility index (Phi) is 7.57. The van der Waals surface area contributed by atoms with Crippen LogP contribution in [0.5, 0.6) is 0 Å². The molecule has 0 radical (unpaired) electrons. The van der Waals surface area contributed by atoms with Crippen LogP contribution in [-0.2, 0) is 4.79 Å². The fourth-order valence-corrected chi connectivity index (χ4v) is 5.09. The highest BCUT2D eigenvalue weighted by Gasteiger charge is 2.30. The van der Waals surface area contributed by atoms with E-state index in [0.29, 0.717) is 36.5 Å². The van der Waals surface area contributed by atoms with Gasteiger partial charge in [0, 0.05) is 20.0 Å². The second-order valence-electron chi connectivity index (χ2n) is 9.63. The van der Waals surface area contributed by atoms with Gasteiger partial charge in [-0.15, -0.1) is 0 Å². The fourth-order valence-electron chi connectivity index (χ4n) is 4.84. The van der Waals surface area contributed by atoms with Crippen molar-refractivity contribution in [2.45, 2.75) is 70.3 Å². The van der Waals surface area contributed by atoms with Crippen LogP contribution in [0, 0.1) is 5.92 Å². The molecule has 184 valence electrons. The maximum Gasteiger partial charge on any atom is 0.276 e. The highest BCUT2D eigenvalue weighted by molar-refractivity contribution is 6.37. The van der Waals surface area contributed by atoms with E-state index in [-0.39, 0.29) is 41.0 Å². The molecule has 2 heterocycles. The van der Waals surface area contributed by atoms with Crippen LogP contribution in [0.3, 0.4) is 0 Å². The normalized spacial score (nSPS) is 20.4. The number of hydrogen-bond acceptors (Lipinski definition) is 5. The number of nitrogens with one attached hydrogen (secondary N) is 1. The lowest BCUT2D eigenvalue weighted by Gasteiger charge is -2.26. The number of nitrogens with zero attached hydrogens (tertiary/aromatic N) is 3. The summed E-state index contributed by atoms with van der Waals surface area (Å²) in [5.74, 6) is -0.0503. The van der Waals surface area contributed by atoms with Crippen molar-refractivity contribution in [2.75, 3.05) is 20.1 Å². The van der Waals surface area contributed by atoms with Crippen molar-refractivity contribution in [3.63, 3.8) is 0 Å². The molecule has 0 aromatic carbocycles. The number of fused-ring (bicyclic) bond motifs is 1. The Labute approximate surface area is 204 Å². The quantitative estimate of drug-likeness (QED) is 0.561. The van der Waals surface area contributed by atoms with Gasteiger partial charge in [-0.05, 0) is 74.5 Å². The topological polar surface area (TPSA) is 104 Å². The Bertz CT molecular complexity index is 1090. The third-order valence-corrected chi connectivity index (χ3v) is 7.26. The molecular formula is C25H33ClN4O4. The van der Waals surface area contributed by atoms with Crippen molar-refractivity contribution in [1.29, 1.82) is 0 Å². The Balaban J connectivity index is 1.58. The molecule has 2 N–H and O–H groups in total.